The lowest BCUT2D eigenvalue weighted by molar-refractivity contribution is -0.150. The summed E-state index contributed by atoms with van der Waals surface area (Å²) in [6, 6.07) is 2.73. The maximum atomic E-state index is 12.6. The van der Waals surface area contributed by atoms with Crippen molar-refractivity contribution in [3.05, 3.63) is 22.8 Å². The largest absolute Gasteiger partial charge is 0.464 e. The molecular formula is C19H24N2O5S. The first-order chi connectivity index (χ1) is 13.0. The van der Waals surface area contributed by atoms with Crippen LogP contribution in [0.4, 0.5) is 10.7 Å². The molecule has 7 nitrogen and oxygen atoms in total. The summed E-state index contributed by atoms with van der Waals surface area (Å²) < 4.78 is 10.8. The Labute approximate surface area is 162 Å². The number of carbonyl (C=O) groups excluding carboxylic acids is 3. The van der Waals surface area contributed by atoms with Crippen molar-refractivity contribution in [2.45, 2.75) is 45.6 Å². The van der Waals surface area contributed by atoms with E-state index in [-0.39, 0.29) is 11.5 Å². The van der Waals surface area contributed by atoms with Gasteiger partial charge >= 0.3 is 5.97 Å². The van der Waals surface area contributed by atoms with E-state index < -0.39 is 23.2 Å². The van der Waals surface area contributed by atoms with Crippen LogP contribution in [0.15, 0.2) is 21.5 Å². The van der Waals surface area contributed by atoms with Gasteiger partial charge in [0, 0.05) is 25.2 Å². The fourth-order valence-electron chi connectivity index (χ4n) is 3.19. The minimum atomic E-state index is -0.951. The van der Waals surface area contributed by atoms with Crippen molar-refractivity contribution in [2.75, 3.05) is 24.6 Å². The second kappa shape index (κ2) is 8.65. The summed E-state index contributed by atoms with van der Waals surface area (Å²) >= 11 is 0.806. The quantitative estimate of drug-likeness (QED) is 0.559. The number of rotatable bonds is 5. The molecule has 0 saturated carbocycles. The molecule has 1 aromatic rings. The molecule has 8 heteroatoms. The zero-order valence-electron chi connectivity index (χ0n) is 15.6. The van der Waals surface area contributed by atoms with Gasteiger partial charge in [-0.2, -0.15) is 0 Å². The predicted octanol–water partition coefficient (Wildman–Crippen LogP) is 3.65. The van der Waals surface area contributed by atoms with Gasteiger partial charge in [-0.05, 0) is 44.5 Å². The normalized spacial score (nSPS) is 20.9. The number of thioether (sulfide) groups is 1. The Morgan fingerprint density at radius 1 is 1.26 bits per heavy atom. The number of anilines is 1. The molecule has 3 heterocycles. The average molecular weight is 392 g/mol. The molecule has 0 bridgehead atoms. The Balaban J connectivity index is 1.73. The Kier molecular flexibility index (Phi) is 6.26. The molecule has 1 atom stereocenters. The van der Waals surface area contributed by atoms with E-state index in [1.165, 1.54) is 19.8 Å². The van der Waals surface area contributed by atoms with Gasteiger partial charge in [0.2, 0.25) is 0 Å². The highest BCUT2D eigenvalue weighted by Gasteiger charge is 2.41. The zero-order valence-corrected chi connectivity index (χ0v) is 16.4. The molecule has 2 amide bonds. The van der Waals surface area contributed by atoms with Crippen LogP contribution in [-0.2, 0) is 14.3 Å². The van der Waals surface area contributed by atoms with Gasteiger partial charge in [-0.25, -0.2) is 4.79 Å². The molecule has 3 rings (SSSR count). The number of hydrogen-bond donors (Lipinski definition) is 0. The highest BCUT2D eigenvalue weighted by molar-refractivity contribution is 8.18. The molecule has 0 unspecified atom stereocenters. The van der Waals surface area contributed by atoms with E-state index in [4.69, 9.17) is 9.15 Å². The van der Waals surface area contributed by atoms with Crippen molar-refractivity contribution in [1.82, 2.24) is 4.90 Å². The minimum absolute atomic E-state index is 0.195. The summed E-state index contributed by atoms with van der Waals surface area (Å²) in [5.41, 5.74) is 0. The van der Waals surface area contributed by atoms with Gasteiger partial charge in [-0.15, -0.1) is 0 Å². The molecule has 1 aromatic heterocycles. The molecule has 0 aromatic carbocycles. The van der Waals surface area contributed by atoms with Gasteiger partial charge < -0.3 is 14.1 Å². The summed E-state index contributed by atoms with van der Waals surface area (Å²) in [5, 5.41) is -0.480. The number of nitrogens with zero attached hydrogens (tertiary/aromatic N) is 2. The maximum absolute atomic E-state index is 12.6. The van der Waals surface area contributed by atoms with Crippen molar-refractivity contribution in [3.63, 3.8) is 0 Å². The molecule has 2 fully saturated rings. The van der Waals surface area contributed by atoms with Crippen LogP contribution in [0.3, 0.4) is 0 Å². The molecule has 27 heavy (non-hydrogen) atoms. The fraction of sp³-hybridized carbons (Fsp3) is 0.526. The molecule has 146 valence electrons. The molecule has 2 aliphatic heterocycles. The Hall–Kier alpha value is -2.22. The SMILES string of the molecule is CCOC(=O)[C@H](C)N1C(=O)S/C(=C/c2ccc(N3CCCCCC3)o2)C1=O. The number of hydrogen-bond acceptors (Lipinski definition) is 7. The summed E-state index contributed by atoms with van der Waals surface area (Å²) in [6.45, 7) is 5.28. The van der Waals surface area contributed by atoms with Gasteiger partial charge in [-0.1, -0.05) is 12.8 Å². The second-order valence-corrected chi connectivity index (χ2v) is 7.55. The number of furan rings is 1. The molecule has 0 radical (unpaired) electrons. The van der Waals surface area contributed by atoms with E-state index >= 15 is 0 Å². The lowest BCUT2D eigenvalue weighted by Gasteiger charge is -2.19. The third-order valence-corrected chi connectivity index (χ3v) is 5.53. The third kappa shape index (κ3) is 4.37. The smallest absolute Gasteiger partial charge is 0.329 e. The highest BCUT2D eigenvalue weighted by Crippen LogP contribution is 2.34. The van der Waals surface area contributed by atoms with Crippen LogP contribution in [0.2, 0.25) is 0 Å². The monoisotopic (exact) mass is 392 g/mol. The van der Waals surface area contributed by atoms with E-state index in [0.29, 0.717) is 5.76 Å². The van der Waals surface area contributed by atoms with E-state index in [1.807, 2.05) is 6.07 Å². The van der Waals surface area contributed by atoms with E-state index in [2.05, 4.69) is 4.90 Å². The van der Waals surface area contributed by atoms with E-state index in [1.54, 1.807) is 19.1 Å². The number of ether oxygens (including phenoxy) is 1. The van der Waals surface area contributed by atoms with Gasteiger partial charge in [0.25, 0.3) is 11.1 Å². The highest BCUT2D eigenvalue weighted by atomic mass is 32.2. The van der Waals surface area contributed by atoms with Crippen LogP contribution in [0, 0.1) is 0 Å². The Bertz CT molecular complexity index is 749. The Morgan fingerprint density at radius 2 is 1.96 bits per heavy atom. The zero-order chi connectivity index (χ0) is 19.4. The predicted molar refractivity (Wildman–Crippen MR) is 103 cm³/mol. The van der Waals surface area contributed by atoms with Crippen molar-refractivity contribution >= 4 is 40.8 Å². The van der Waals surface area contributed by atoms with Crippen LogP contribution in [-0.4, -0.2) is 47.8 Å². The first-order valence-electron chi connectivity index (χ1n) is 9.29. The van der Waals surface area contributed by atoms with Crippen LogP contribution >= 0.6 is 11.8 Å². The topological polar surface area (TPSA) is 80.1 Å². The van der Waals surface area contributed by atoms with Crippen LogP contribution in [0.1, 0.15) is 45.3 Å². The minimum Gasteiger partial charge on any atom is -0.464 e. The molecule has 2 aliphatic rings. The van der Waals surface area contributed by atoms with E-state index in [0.717, 1.165) is 48.5 Å². The first kappa shape index (κ1) is 19.5. The average Bonchev–Trinajstić information content (AvgIpc) is 3.08. The summed E-state index contributed by atoms with van der Waals surface area (Å²) in [7, 11) is 0. The number of imide groups is 1. The fourth-order valence-corrected chi connectivity index (χ4v) is 4.08. The number of carbonyl (C=O) groups is 3. The van der Waals surface area contributed by atoms with Crippen molar-refractivity contribution < 1.29 is 23.5 Å². The van der Waals surface area contributed by atoms with Crippen LogP contribution < -0.4 is 4.90 Å². The van der Waals surface area contributed by atoms with Crippen molar-refractivity contribution in [3.8, 4) is 0 Å². The van der Waals surface area contributed by atoms with Crippen LogP contribution in [0.5, 0.6) is 0 Å². The van der Waals surface area contributed by atoms with Gasteiger partial charge in [0.15, 0.2) is 5.88 Å². The van der Waals surface area contributed by atoms with Crippen molar-refractivity contribution in [2.24, 2.45) is 0 Å². The van der Waals surface area contributed by atoms with Gasteiger partial charge in [0.05, 0.1) is 11.5 Å². The molecule has 0 N–H and O–H groups in total. The Morgan fingerprint density at radius 3 is 2.63 bits per heavy atom. The number of esters is 1. The second-order valence-electron chi connectivity index (χ2n) is 6.56. The summed E-state index contributed by atoms with van der Waals surface area (Å²) in [6.07, 6.45) is 6.30. The maximum Gasteiger partial charge on any atom is 0.329 e. The third-order valence-electron chi connectivity index (χ3n) is 4.64. The lowest BCUT2D eigenvalue weighted by Crippen LogP contribution is -2.42. The standard InChI is InChI=1S/C19H24N2O5S/c1-3-25-18(23)13(2)21-17(22)15(27-19(21)24)12-14-8-9-16(26-14)20-10-6-4-5-7-11-20/h8-9,12-13H,3-7,10-11H2,1-2H3/b15-12+/t13-/m0/s1. The van der Waals surface area contributed by atoms with Crippen molar-refractivity contribution in [1.29, 1.82) is 0 Å². The lowest BCUT2D eigenvalue weighted by atomic mass is 10.2. The molecule has 0 aliphatic carbocycles. The summed E-state index contributed by atoms with van der Waals surface area (Å²) in [5.74, 6) is 0.201. The first-order valence-corrected chi connectivity index (χ1v) is 10.1. The molecule has 2 saturated heterocycles. The molecular weight excluding hydrogens is 368 g/mol. The number of amides is 2. The summed E-state index contributed by atoms with van der Waals surface area (Å²) in [4.78, 5) is 40.0. The van der Waals surface area contributed by atoms with Crippen LogP contribution in [0.25, 0.3) is 6.08 Å². The van der Waals surface area contributed by atoms with Gasteiger partial charge in [0.1, 0.15) is 11.8 Å². The van der Waals surface area contributed by atoms with E-state index in [9.17, 15) is 14.4 Å². The van der Waals surface area contributed by atoms with Gasteiger partial charge in [-0.3, -0.25) is 14.5 Å². The molecule has 0 spiro atoms.